The third-order valence-corrected chi connectivity index (χ3v) is 5.72. The van der Waals surface area contributed by atoms with Gasteiger partial charge in [0.2, 0.25) is 11.0 Å². The van der Waals surface area contributed by atoms with E-state index in [9.17, 15) is 4.79 Å². The Kier molecular flexibility index (Phi) is 6.13. The van der Waals surface area contributed by atoms with Crippen LogP contribution in [0.4, 0.5) is 16.5 Å². The van der Waals surface area contributed by atoms with Gasteiger partial charge in [-0.2, -0.15) is 0 Å². The van der Waals surface area contributed by atoms with Gasteiger partial charge in [0, 0.05) is 5.69 Å². The molecule has 0 saturated carbocycles. The van der Waals surface area contributed by atoms with Crippen LogP contribution in [-0.4, -0.2) is 21.9 Å². The van der Waals surface area contributed by atoms with Crippen molar-refractivity contribution in [2.45, 2.75) is 18.2 Å². The first kappa shape index (κ1) is 18.7. The largest absolute Gasteiger partial charge is 0.330 e. The molecule has 2 N–H and O–H groups in total. The van der Waals surface area contributed by atoms with Crippen LogP contribution in [0, 0.1) is 13.8 Å². The number of nitrogens with one attached hydrogen (secondary N) is 2. The fraction of sp³-hybridized carbons (Fsp3) is 0.167. The lowest BCUT2D eigenvalue weighted by Crippen LogP contribution is -2.15. The number of para-hydroxylation sites is 1. The average Bonchev–Trinajstić information content (AvgIpc) is 3.04. The number of aryl methyl sites for hydroxylation is 2. The van der Waals surface area contributed by atoms with Gasteiger partial charge in [-0.3, -0.25) is 4.79 Å². The van der Waals surface area contributed by atoms with E-state index in [1.807, 2.05) is 56.3 Å². The highest BCUT2D eigenvalue weighted by Gasteiger charge is 2.12. The summed E-state index contributed by atoms with van der Waals surface area (Å²) in [6.45, 7) is 3.89. The van der Waals surface area contributed by atoms with Crippen molar-refractivity contribution in [1.82, 2.24) is 10.2 Å². The monoisotopic (exact) mass is 404 g/mol. The normalized spacial score (nSPS) is 10.6. The van der Waals surface area contributed by atoms with Crippen molar-refractivity contribution in [3.05, 3.63) is 58.6 Å². The summed E-state index contributed by atoms with van der Waals surface area (Å²) in [5.74, 6) is 0.112. The first-order valence-corrected chi connectivity index (χ1v) is 10.0. The lowest BCUT2D eigenvalue weighted by Gasteiger charge is -2.11. The molecule has 8 heteroatoms. The molecular weight excluding hydrogens is 388 g/mol. The fourth-order valence-electron chi connectivity index (χ4n) is 2.34. The minimum Gasteiger partial charge on any atom is -0.330 e. The molecule has 0 unspecified atom stereocenters. The molecule has 3 rings (SSSR count). The van der Waals surface area contributed by atoms with Crippen molar-refractivity contribution in [3.63, 3.8) is 0 Å². The minimum absolute atomic E-state index is 0.128. The van der Waals surface area contributed by atoms with E-state index in [1.165, 1.54) is 23.1 Å². The maximum atomic E-state index is 12.2. The molecule has 134 valence electrons. The molecule has 0 aliphatic heterocycles. The van der Waals surface area contributed by atoms with Gasteiger partial charge < -0.3 is 10.6 Å². The average molecular weight is 405 g/mol. The first-order valence-electron chi connectivity index (χ1n) is 7.86. The summed E-state index contributed by atoms with van der Waals surface area (Å²) in [5, 5.41) is 15.5. The Morgan fingerprint density at radius 1 is 1.19 bits per heavy atom. The van der Waals surface area contributed by atoms with E-state index in [4.69, 9.17) is 11.6 Å². The minimum atomic E-state index is -0.128. The van der Waals surface area contributed by atoms with E-state index in [1.54, 1.807) is 0 Å². The molecule has 5 nitrogen and oxygen atoms in total. The van der Waals surface area contributed by atoms with Crippen molar-refractivity contribution >= 4 is 57.1 Å². The third kappa shape index (κ3) is 4.97. The maximum Gasteiger partial charge on any atom is 0.234 e. The highest BCUT2D eigenvalue weighted by atomic mass is 35.5. The van der Waals surface area contributed by atoms with Gasteiger partial charge in [-0.15, -0.1) is 10.2 Å². The van der Waals surface area contributed by atoms with E-state index in [2.05, 4.69) is 20.8 Å². The molecule has 1 amide bonds. The number of thioether (sulfide) groups is 1. The van der Waals surface area contributed by atoms with Gasteiger partial charge in [-0.05, 0) is 43.2 Å². The Bertz CT molecular complexity index is 892. The van der Waals surface area contributed by atoms with E-state index < -0.39 is 0 Å². The molecule has 3 aromatic rings. The van der Waals surface area contributed by atoms with Gasteiger partial charge in [0.1, 0.15) is 0 Å². The number of aromatic nitrogens is 2. The molecule has 0 radical (unpaired) electrons. The van der Waals surface area contributed by atoms with Gasteiger partial charge >= 0.3 is 0 Å². The summed E-state index contributed by atoms with van der Waals surface area (Å²) < 4.78 is 0.727. The van der Waals surface area contributed by atoms with Gasteiger partial charge in [0.25, 0.3) is 0 Å². The van der Waals surface area contributed by atoms with Crippen LogP contribution in [0.5, 0.6) is 0 Å². The molecule has 0 aliphatic carbocycles. The molecule has 0 aliphatic rings. The second-order valence-corrected chi connectivity index (χ2v) is 8.25. The molecule has 26 heavy (non-hydrogen) atoms. The standard InChI is InChI=1S/C18H17ClN4OS2/c1-11-8-12(2)16(14(19)9-11)21-15(24)10-25-18-23-22-17(26-18)20-13-6-4-3-5-7-13/h3-9H,10H2,1-2H3,(H,20,22)(H,21,24). The number of halogens is 1. The number of benzene rings is 2. The van der Waals surface area contributed by atoms with Crippen LogP contribution in [0.2, 0.25) is 5.02 Å². The summed E-state index contributed by atoms with van der Waals surface area (Å²) in [5.41, 5.74) is 3.61. The molecule has 0 atom stereocenters. The summed E-state index contributed by atoms with van der Waals surface area (Å²) in [6, 6.07) is 13.6. The highest BCUT2D eigenvalue weighted by molar-refractivity contribution is 8.01. The summed E-state index contributed by atoms with van der Waals surface area (Å²) in [7, 11) is 0. The SMILES string of the molecule is Cc1cc(C)c(NC(=O)CSc2nnc(Nc3ccccc3)s2)c(Cl)c1. The van der Waals surface area contributed by atoms with Crippen molar-refractivity contribution < 1.29 is 4.79 Å². The Morgan fingerprint density at radius 3 is 2.69 bits per heavy atom. The second kappa shape index (κ2) is 8.53. The molecule has 0 bridgehead atoms. The van der Waals surface area contributed by atoms with Gasteiger partial charge in [0.05, 0.1) is 16.5 Å². The maximum absolute atomic E-state index is 12.2. The van der Waals surface area contributed by atoms with Crippen molar-refractivity contribution in [2.24, 2.45) is 0 Å². The molecule has 1 aromatic heterocycles. The van der Waals surface area contributed by atoms with Crippen LogP contribution < -0.4 is 10.6 Å². The predicted octanol–water partition coefficient (Wildman–Crippen LogP) is 5.28. The van der Waals surface area contributed by atoms with E-state index in [0.717, 1.165) is 21.2 Å². The van der Waals surface area contributed by atoms with Crippen LogP contribution >= 0.6 is 34.7 Å². The van der Waals surface area contributed by atoms with Crippen LogP contribution in [0.25, 0.3) is 0 Å². The quantitative estimate of drug-likeness (QED) is 0.547. The lowest BCUT2D eigenvalue weighted by molar-refractivity contribution is -0.113. The Balaban J connectivity index is 1.55. The second-order valence-electron chi connectivity index (χ2n) is 5.64. The number of carbonyl (C=O) groups excluding carboxylic acids is 1. The first-order chi connectivity index (χ1) is 12.5. The zero-order valence-electron chi connectivity index (χ0n) is 14.2. The number of rotatable bonds is 6. The van der Waals surface area contributed by atoms with E-state index >= 15 is 0 Å². The zero-order chi connectivity index (χ0) is 18.5. The molecule has 0 spiro atoms. The lowest BCUT2D eigenvalue weighted by atomic mass is 10.1. The van der Waals surface area contributed by atoms with Gasteiger partial charge in [-0.1, -0.05) is 59.0 Å². The van der Waals surface area contributed by atoms with E-state index in [-0.39, 0.29) is 11.7 Å². The molecule has 0 saturated heterocycles. The topological polar surface area (TPSA) is 66.9 Å². The number of hydrogen-bond donors (Lipinski definition) is 2. The fourth-order valence-corrected chi connectivity index (χ4v) is 4.28. The van der Waals surface area contributed by atoms with Gasteiger partial charge in [0.15, 0.2) is 4.34 Å². The summed E-state index contributed by atoms with van der Waals surface area (Å²) in [6.07, 6.45) is 0. The number of nitrogens with zero attached hydrogens (tertiary/aromatic N) is 2. The molecule has 0 fully saturated rings. The molecule has 2 aromatic carbocycles. The molecule has 1 heterocycles. The third-order valence-electron chi connectivity index (χ3n) is 3.45. The highest BCUT2D eigenvalue weighted by Crippen LogP contribution is 2.29. The summed E-state index contributed by atoms with van der Waals surface area (Å²) in [4.78, 5) is 12.2. The van der Waals surface area contributed by atoms with E-state index in [0.29, 0.717) is 15.8 Å². The van der Waals surface area contributed by atoms with Crippen LogP contribution in [0.15, 0.2) is 46.8 Å². The van der Waals surface area contributed by atoms with Gasteiger partial charge in [-0.25, -0.2) is 0 Å². The Hall–Kier alpha value is -2.09. The summed E-state index contributed by atoms with van der Waals surface area (Å²) >= 11 is 8.98. The Labute approximate surface area is 165 Å². The van der Waals surface area contributed by atoms with Crippen LogP contribution in [0.1, 0.15) is 11.1 Å². The smallest absolute Gasteiger partial charge is 0.234 e. The van der Waals surface area contributed by atoms with Crippen LogP contribution in [-0.2, 0) is 4.79 Å². The van der Waals surface area contributed by atoms with Crippen molar-refractivity contribution in [1.29, 1.82) is 0 Å². The number of hydrogen-bond acceptors (Lipinski definition) is 6. The van der Waals surface area contributed by atoms with Crippen molar-refractivity contribution in [3.8, 4) is 0 Å². The molecular formula is C18H17ClN4OS2. The number of amides is 1. The number of carbonyl (C=O) groups is 1. The van der Waals surface area contributed by atoms with Crippen LogP contribution in [0.3, 0.4) is 0 Å². The van der Waals surface area contributed by atoms with Crippen molar-refractivity contribution in [2.75, 3.05) is 16.4 Å². The number of anilines is 3. The zero-order valence-corrected chi connectivity index (χ0v) is 16.6. The predicted molar refractivity (Wildman–Crippen MR) is 110 cm³/mol. The Morgan fingerprint density at radius 2 is 1.96 bits per heavy atom.